The van der Waals surface area contributed by atoms with E-state index in [1.54, 1.807) is 24.3 Å². The molecule has 2 rings (SSSR count). The van der Waals surface area contributed by atoms with Crippen molar-refractivity contribution in [1.82, 2.24) is 0 Å². The largest absolute Gasteiger partial charge is 0.453 e. The highest BCUT2D eigenvalue weighted by atomic mass is 35.5. The fourth-order valence-corrected chi connectivity index (χ4v) is 1.51. The molecule has 2 aromatic rings. The Morgan fingerprint density at radius 3 is 2.67 bits per heavy atom. The summed E-state index contributed by atoms with van der Waals surface area (Å²) in [5.41, 5.74) is 0.870. The Hall–Kier alpha value is -1.54. The molecule has 0 radical (unpaired) electrons. The van der Waals surface area contributed by atoms with Crippen LogP contribution in [0.3, 0.4) is 0 Å². The van der Waals surface area contributed by atoms with Gasteiger partial charge in [0.2, 0.25) is 0 Å². The van der Waals surface area contributed by atoms with Gasteiger partial charge in [-0.1, -0.05) is 23.7 Å². The molecule has 0 saturated carbocycles. The van der Waals surface area contributed by atoms with Crippen LogP contribution in [-0.4, -0.2) is 5.78 Å². The lowest BCUT2D eigenvalue weighted by Gasteiger charge is -1.96. The Bertz CT molecular complexity index is 500. The zero-order valence-electron chi connectivity index (χ0n) is 8.16. The summed E-state index contributed by atoms with van der Waals surface area (Å²) in [7, 11) is 0. The Labute approximate surface area is 92.5 Å². The van der Waals surface area contributed by atoms with Crippen molar-refractivity contribution in [2.75, 3.05) is 0 Å². The van der Waals surface area contributed by atoms with Gasteiger partial charge in [0.05, 0.1) is 0 Å². The van der Waals surface area contributed by atoms with Crippen molar-refractivity contribution in [3.8, 4) is 11.3 Å². The maximum atomic E-state index is 11.0. The molecule has 0 aliphatic heterocycles. The van der Waals surface area contributed by atoms with Crippen molar-refractivity contribution in [2.24, 2.45) is 0 Å². The standard InChI is InChI=1S/C12H9ClO2/c1-8(14)11-5-6-12(15-11)9-3-2-4-10(13)7-9/h2-7H,1H3. The minimum absolute atomic E-state index is 0.0803. The van der Waals surface area contributed by atoms with Gasteiger partial charge in [0.25, 0.3) is 0 Å². The molecule has 0 bridgehead atoms. The number of Topliss-reactive ketones (excluding diaryl/α,β-unsaturated/α-hetero) is 1. The second kappa shape index (κ2) is 3.91. The van der Waals surface area contributed by atoms with Crippen LogP contribution in [-0.2, 0) is 0 Å². The lowest BCUT2D eigenvalue weighted by atomic mass is 10.2. The third-order valence-corrected chi connectivity index (χ3v) is 2.30. The van der Waals surface area contributed by atoms with Gasteiger partial charge in [0.1, 0.15) is 5.76 Å². The highest BCUT2D eigenvalue weighted by Crippen LogP contribution is 2.24. The molecule has 0 fully saturated rings. The number of hydrogen-bond donors (Lipinski definition) is 0. The van der Waals surface area contributed by atoms with Gasteiger partial charge < -0.3 is 4.42 Å². The molecule has 1 aromatic heterocycles. The smallest absolute Gasteiger partial charge is 0.194 e. The highest BCUT2D eigenvalue weighted by molar-refractivity contribution is 6.30. The van der Waals surface area contributed by atoms with Crippen LogP contribution in [0.15, 0.2) is 40.8 Å². The van der Waals surface area contributed by atoms with E-state index in [9.17, 15) is 4.79 Å². The first-order valence-electron chi connectivity index (χ1n) is 4.53. The summed E-state index contributed by atoms with van der Waals surface area (Å²) in [6, 6.07) is 10.7. The fourth-order valence-electron chi connectivity index (χ4n) is 1.32. The molecule has 0 aliphatic rings. The van der Waals surface area contributed by atoms with E-state index < -0.39 is 0 Å². The Balaban J connectivity index is 2.41. The first kappa shape index (κ1) is 9.99. The predicted octanol–water partition coefficient (Wildman–Crippen LogP) is 3.80. The van der Waals surface area contributed by atoms with Crippen LogP contribution in [0.4, 0.5) is 0 Å². The zero-order chi connectivity index (χ0) is 10.8. The van der Waals surface area contributed by atoms with Crippen molar-refractivity contribution in [1.29, 1.82) is 0 Å². The van der Waals surface area contributed by atoms with Crippen LogP contribution >= 0.6 is 11.6 Å². The third kappa shape index (κ3) is 2.10. The summed E-state index contributed by atoms with van der Waals surface area (Å²) in [4.78, 5) is 11.0. The van der Waals surface area contributed by atoms with Crippen LogP contribution in [0, 0.1) is 0 Å². The Morgan fingerprint density at radius 2 is 2.07 bits per heavy atom. The summed E-state index contributed by atoms with van der Waals surface area (Å²) >= 11 is 5.86. The summed E-state index contributed by atoms with van der Waals surface area (Å²) in [5, 5.41) is 0.647. The maximum Gasteiger partial charge on any atom is 0.194 e. The molecular weight excluding hydrogens is 212 g/mol. The Kier molecular flexibility index (Phi) is 2.60. The lowest BCUT2D eigenvalue weighted by Crippen LogP contribution is -1.86. The molecule has 0 saturated heterocycles. The second-order valence-electron chi connectivity index (χ2n) is 3.23. The van der Waals surface area contributed by atoms with E-state index >= 15 is 0 Å². The number of carbonyl (C=O) groups is 1. The number of carbonyl (C=O) groups excluding carboxylic acids is 1. The van der Waals surface area contributed by atoms with Crippen LogP contribution in [0.1, 0.15) is 17.5 Å². The molecular formula is C12H9ClO2. The molecule has 0 spiro atoms. The van der Waals surface area contributed by atoms with E-state index in [0.717, 1.165) is 5.56 Å². The molecule has 0 N–H and O–H groups in total. The highest BCUT2D eigenvalue weighted by Gasteiger charge is 2.07. The van der Waals surface area contributed by atoms with E-state index in [-0.39, 0.29) is 5.78 Å². The number of halogens is 1. The fraction of sp³-hybridized carbons (Fsp3) is 0.0833. The molecule has 0 unspecified atom stereocenters. The van der Waals surface area contributed by atoms with E-state index in [2.05, 4.69) is 0 Å². The van der Waals surface area contributed by atoms with Gasteiger partial charge in [-0.05, 0) is 24.3 Å². The van der Waals surface area contributed by atoms with E-state index in [1.165, 1.54) is 6.92 Å². The summed E-state index contributed by atoms with van der Waals surface area (Å²) in [6.45, 7) is 1.47. The average molecular weight is 221 g/mol. The number of hydrogen-bond acceptors (Lipinski definition) is 2. The maximum absolute atomic E-state index is 11.0. The molecule has 15 heavy (non-hydrogen) atoms. The normalized spacial score (nSPS) is 10.3. The Morgan fingerprint density at radius 1 is 1.27 bits per heavy atom. The van der Waals surface area contributed by atoms with Gasteiger partial charge in [-0.3, -0.25) is 4.79 Å². The molecule has 0 atom stereocenters. The molecule has 1 heterocycles. The first-order chi connectivity index (χ1) is 7.16. The summed E-state index contributed by atoms with van der Waals surface area (Å²) < 4.78 is 5.38. The van der Waals surface area contributed by atoms with Crippen LogP contribution in [0.2, 0.25) is 5.02 Å². The summed E-state index contributed by atoms with van der Waals surface area (Å²) in [5.74, 6) is 0.941. The first-order valence-corrected chi connectivity index (χ1v) is 4.91. The van der Waals surface area contributed by atoms with Gasteiger partial charge in [0.15, 0.2) is 11.5 Å². The summed E-state index contributed by atoms with van der Waals surface area (Å²) in [6.07, 6.45) is 0. The molecule has 0 aliphatic carbocycles. The SMILES string of the molecule is CC(=O)c1ccc(-c2cccc(Cl)c2)o1. The zero-order valence-corrected chi connectivity index (χ0v) is 8.91. The van der Waals surface area contributed by atoms with E-state index in [1.807, 2.05) is 12.1 Å². The minimum Gasteiger partial charge on any atom is -0.453 e. The van der Waals surface area contributed by atoms with E-state index in [0.29, 0.717) is 16.5 Å². The van der Waals surface area contributed by atoms with Gasteiger partial charge >= 0.3 is 0 Å². The van der Waals surface area contributed by atoms with Crippen molar-refractivity contribution in [3.63, 3.8) is 0 Å². The molecule has 0 amide bonds. The number of furan rings is 1. The number of benzene rings is 1. The van der Waals surface area contributed by atoms with Crippen molar-refractivity contribution in [2.45, 2.75) is 6.92 Å². The second-order valence-corrected chi connectivity index (χ2v) is 3.67. The number of ketones is 1. The van der Waals surface area contributed by atoms with Gasteiger partial charge in [-0.2, -0.15) is 0 Å². The molecule has 2 nitrogen and oxygen atoms in total. The molecule has 76 valence electrons. The van der Waals surface area contributed by atoms with Gasteiger partial charge in [-0.15, -0.1) is 0 Å². The minimum atomic E-state index is -0.0803. The van der Waals surface area contributed by atoms with E-state index in [4.69, 9.17) is 16.0 Å². The van der Waals surface area contributed by atoms with Crippen LogP contribution < -0.4 is 0 Å². The lowest BCUT2D eigenvalue weighted by molar-refractivity contribution is 0.0988. The molecule has 3 heteroatoms. The van der Waals surface area contributed by atoms with Crippen LogP contribution in [0.5, 0.6) is 0 Å². The van der Waals surface area contributed by atoms with Crippen molar-refractivity contribution in [3.05, 3.63) is 47.2 Å². The average Bonchev–Trinajstić information content (AvgIpc) is 2.66. The molecule has 1 aromatic carbocycles. The van der Waals surface area contributed by atoms with Crippen LogP contribution in [0.25, 0.3) is 11.3 Å². The predicted molar refractivity (Wildman–Crippen MR) is 59.2 cm³/mol. The monoisotopic (exact) mass is 220 g/mol. The topological polar surface area (TPSA) is 30.2 Å². The third-order valence-electron chi connectivity index (χ3n) is 2.06. The van der Waals surface area contributed by atoms with Crippen molar-refractivity contribution < 1.29 is 9.21 Å². The van der Waals surface area contributed by atoms with Gasteiger partial charge in [0, 0.05) is 17.5 Å². The van der Waals surface area contributed by atoms with Crippen molar-refractivity contribution >= 4 is 17.4 Å². The number of rotatable bonds is 2. The van der Waals surface area contributed by atoms with Gasteiger partial charge in [-0.25, -0.2) is 0 Å². The quantitative estimate of drug-likeness (QED) is 0.721.